The Labute approximate surface area is 237 Å². The van der Waals surface area contributed by atoms with Gasteiger partial charge in [0.05, 0.1) is 31.8 Å². The quantitative estimate of drug-likeness (QED) is 0.257. The zero-order valence-corrected chi connectivity index (χ0v) is 23.0. The van der Waals surface area contributed by atoms with Gasteiger partial charge in [0.25, 0.3) is 0 Å². The van der Waals surface area contributed by atoms with E-state index in [1.165, 1.54) is 0 Å². The molecule has 2 aliphatic heterocycles. The summed E-state index contributed by atoms with van der Waals surface area (Å²) >= 11 is 1.13. The number of fused-ring (bicyclic) bond motifs is 1. The number of carbonyl (C=O) groups is 3. The number of thiazole rings is 1. The third kappa shape index (κ3) is 5.28. The summed E-state index contributed by atoms with van der Waals surface area (Å²) in [4.78, 5) is 55.5. The molecule has 3 aromatic heterocycles. The molecule has 4 aromatic rings. The largest absolute Gasteiger partial charge is 0.462 e. The Bertz CT molecular complexity index is 1620. The second-order valence-corrected chi connectivity index (χ2v) is 10.3. The topological polar surface area (TPSA) is 184 Å². The van der Waals surface area contributed by atoms with Crippen LogP contribution in [-0.4, -0.2) is 79.6 Å². The molecule has 1 aromatic carbocycles. The first-order valence-electron chi connectivity index (χ1n) is 12.9. The SMILES string of the molecule is CCOC(=O)c1sc(Nc2nc(N3CCNC(=O)C3)c3c(n2)N(Cc2ccc(-c4nn[nH]n4)cc2)C(=O)C3)nc1C. The molecule has 6 rings (SSSR count). The van der Waals surface area contributed by atoms with E-state index in [0.717, 1.165) is 22.5 Å². The Morgan fingerprint density at radius 3 is 2.68 bits per heavy atom. The number of aryl methyl sites for hydroxylation is 1. The summed E-state index contributed by atoms with van der Waals surface area (Å²) in [7, 11) is 0. The summed E-state index contributed by atoms with van der Waals surface area (Å²) in [6, 6.07) is 7.50. The Morgan fingerprint density at radius 1 is 1.15 bits per heavy atom. The van der Waals surface area contributed by atoms with Crippen LogP contribution in [0, 0.1) is 6.92 Å². The highest BCUT2D eigenvalue weighted by Gasteiger charge is 2.35. The molecule has 0 unspecified atom stereocenters. The minimum Gasteiger partial charge on any atom is -0.462 e. The van der Waals surface area contributed by atoms with Crippen LogP contribution in [-0.2, 0) is 27.3 Å². The molecule has 0 aliphatic carbocycles. The summed E-state index contributed by atoms with van der Waals surface area (Å²) in [6.07, 6.45) is 0.105. The standard InChI is InChI=1S/C25H25N11O4S/c1-3-40-23(39)19-13(2)27-25(41-19)30-24-28-21(35-9-8-26-17(37)12-35)16-10-18(38)36(22(16)29-24)11-14-4-6-15(7-5-14)20-31-33-34-32-20/h4-7H,3,8-12H2,1-2H3,(H,26,37)(H,27,28,29,30)(H,31,32,33,34). The van der Waals surface area contributed by atoms with Gasteiger partial charge < -0.3 is 15.0 Å². The molecule has 2 aliphatic rings. The van der Waals surface area contributed by atoms with Crippen molar-refractivity contribution in [2.75, 3.05) is 41.4 Å². The second kappa shape index (κ2) is 10.9. The molecule has 5 heterocycles. The number of piperazine rings is 1. The van der Waals surface area contributed by atoms with Gasteiger partial charge in [-0.05, 0) is 24.6 Å². The lowest BCUT2D eigenvalue weighted by atomic mass is 10.1. The van der Waals surface area contributed by atoms with E-state index in [-0.39, 0.29) is 43.9 Å². The number of nitrogens with one attached hydrogen (secondary N) is 3. The number of esters is 1. The van der Waals surface area contributed by atoms with Crippen LogP contribution in [0.2, 0.25) is 0 Å². The summed E-state index contributed by atoms with van der Waals surface area (Å²) in [5.41, 5.74) is 2.84. The number of amides is 2. The fraction of sp³-hybridized carbons (Fsp3) is 0.320. The number of nitrogens with zero attached hydrogens (tertiary/aromatic N) is 8. The van der Waals surface area contributed by atoms with E-state index in [9.17, 15) is 14.4 Å². The van der Waals surface area contributed by atoms with Gasteiger partial charge in [-0.2, -0.15) is 15.2 Å². The number of rotatable bonds is 8. The van der Waals surface area contributed by atoms with Crippen LogP contribution in [0.4, 0.5) is 22.7 Å². The number of carbonyl (C=O) groups excluding carboxylic acids is 3. The predicted molar refractivity (Wildman–Crippen MR) is 148 cm³/mol. The van der Waals surface area contributed by atoms with Crippen LogP contribution in [0.15, 0.2) is 24.3 Å². The molecular weight excluding hydrogens is 550 g/mol. The van der Waals surface area contributed by atoms with Crippen molar-refractivity contribution in [1.82, 2.24) is 40.9 Å². The second-order valence-electron chi connectivity index (χ2n) is 9.31. The van der Waals surface area contributed by atoms with Crippen LogP contribution < -0.4 is 20.4 Å². The van der Waals surface area contributed by atoms with Crippen molar-refractivity contribution < 1.29 is 19.1 Å². The molecular formula is C25H25N11O4S. The molecule has 0 bridgehead atoms. The van der Waals surface area contributed by atoms with Crippen molar-refractivity contribution in [1.29, 1.82) is 0 Å². The predicted octanol–water partition coefficient (Wildman–Crippen LogP) is 1.37. The summed E-state index contributed by atoms with van der Waals surface area (Å²) < 4.78 is 5.12. The van der Waals surface area contributed by atoms with Gasteiger partial charge >= 0.3 is 5.97 Å². The van der Waals surface area contributed by atoms with Crippen LogP contribution >= 0.6 is 11.3 Å². The van der Waals surface area contributed by atoms with Crippen LogP contribution in [0.1, 0.15) is 33.4 Å². The van der Waals surface area contributed by atoms with Gasteiger partial charge in [0, 0.05) is 24.2 Å². The first-order valence-corrected chi connectivity index (χ1v) is 13.7. The maximum Gasteiger partial charge on any atom is 0.350 e. The molecule has 0 spiro atoms. The third-order valence-corrected chi connectivity index (χ3v) is 7.61. The van der Waals surface area contributed by atoms with E-state index < -0.39 is 5.97 Å². The molecule has 15 nitrogen and oxygen atoms in total. The molecule has 16 heteroatoms. The Kier molecular flexibility index (Phi) is 6.96. The van der Waals surface area contributed by atoms with E-state index >= 15 is 0 Å². The molecule has 0 atom stereocenters. The van der Waals surface area contributed by atoms with Gasteiger partial charge in [-0.25, -0.2) is 9.78 Å². The Hall–Kier alpha value is -4.99. The number of H-pyrrole nitrogens is 1. The zero-order valence-electron chi connectivity index (χ0n) is 22.2. The van der Waals surface area contributed by atoms with Crippen LogP contribution in [0.25, 0.3) is 11.4 Å². The Morgan fingerprint density at radius 2 is 1.95 bits per heavy atom. The van der Waals surface area contributed by atoms with Crippen LogP contribution in [0.5, 0.6) is 0 Å². The van der Waals surface area contributed by atoms with E-state index in [1.807, 2.05) is 29.2 Å². The first kappa shape index (κ1) is 26.2. The minimum absolute atomic E-state index is 0.105. The van der Waals surface area contributed by atoms with Crippen molar-refractivity contribution in [3.63, 3.8) is 0 Å². The highest BCUT2D eigenvalue weighted by molar-refractivity contribution is 7.17. The van der Waals surface area contributed by atoms with Gasteiger partial charge in [0.15, 0.2) is 5.13 Å². The van der Waals surface area contributed by atoms with Gasteiger partial charge in [0.1, 0.15) is 16.5 Å². The van der Waals surface area contributed by atoms with Gasteiger partial charge in [-0.15, -0.1) is 10.2 Å². The highest BCUT2D eigenvalue weighted by atomic mass is 32.1. The van der Waals surface area contributed by atoms with Crippen molar-refractivity contribution in [3.8, 4) is 11.4 Å². The summed E-state index contributed by atoms with van der Waals surface area (Å²) in [6.45, 7) is 5.09. The molecule has 3 N–H and O–H groups in total. The van der Waals surface area contributed by atoms with Crippen molar-refractivity contribution in [3.05, 3.63) is 46.0 Å². The van der Waals surface area contributed by atoms with E-state index in [2.05, 4.69) is 36.2 Å². The normalized spacial score (nSPS) is 14.7. The molecule has 1 saturated heterocycles. The molecule has 210 valence electrons. The highest BCUT2D eigenvalue weighted by Crippen LogP contribution is 2.37. The van der Waals surface area contributed by atoms with E-state index in [0.29, 0.717) is 51.8 Å². The summed E-state index contributed by atoms with van der Waals surface area (Å²) in [5, 5.41) is 20.3. The molecule has 41 heavy (non-hydrogen) atoms. The van der Waals surface area contributed by atoms with Gasteiger partial charge in [-0.3, -0.25) is 19.8 Å². The van der Waals surface area contributed by atoms with E-state index in [1.54, 1.807) is 18.7 Å². The minimum atomic E-state index is -0.451. The number of benzene rings is 1. The smallest absolute Gasteiger partial charge is 0.350 e. The number of hydrogen-bond donors (Lipinski definition) is 3. The van der Waals surface area contributed by atoms with Crippen LogP contribution in [0.3, 0.4) is 0 Å². The molecule has 0 radical (unpaired) electrons. The number of aromatic amines is 1. The van der Waals surface area contributed by atoms with Crippen molar-refractivity contribution in [2.45, 2.75) is 26.8 Å². The molecule has 2 amide bonds. The van der Waals surface area contributed by atoms with Crippen molar-refractivity contribution >= 4 is 51.8 Å². The fourth-order valence-corrected chi connectivity index (χ4v) is 5.52. The number of hydrogen-bond acceptors (Lipinski definition) is 13. The Balaban J connectivity index is 1.33. The fourth-order valence-electron chi connectivity index (χ4n) is 4.66. The monoisotopic (exact) mass is 575 g/mol. The lowest BCUT2D eigenvalue weighted by molar-refractivity contribution is -0.120. The number of anilines is 4. The maximum atomic E-state index is 13.3. The number of aromatic nitrogens is 7. The third-order valence-electron chi connectivity index (χ3n) is 6.56. The lowest BCUT2D eigenvalue weighted by Crippen LogP contribution is -2.48. The van der Waals surface area contributed by atoms with Gasteiger partial charge in [0.2, 0.25) is 23.6 Å². The summed E-state index contributed by atoms with van der Waals surface area (Å²) in [5.74, 6) is 0.917. The number of ether oxygens (including phenoxy) is 1. The lowest BCUT2D eigenvalue weighted by Gasteiger charge is -2.29. The average Bonchev–Trinajstić information content (AvgIpc) is 3.69. The van der Waals surface area contributed by atoms with E-state index in [4.69, 9.17) is 14.7 Å². The maximum absolute atomic E-state index is 13.3. The molecule has 1 fully saturated rings. The number of tetrazole rings is 1. The van der Waals surface area contributed by atoms with Gasteiger partial charge in [-0.1, -0.05) is 35.6 Å². The average molecular weight is 576 g/mol. The van der Waals surface area contributed by atoms with Crippen molar-refractivity contribution in [2.24, 2.45) is 0 Å². The molecule has 0 saturated carbocycles. The first-order chi connectivity index (χ1) is 19.9. The zero-order chi connectivity index (χ0) is 28.5.